The summed E-state index contributed by atoms with van der Waals surface area (Å²) >= 11 is 0. The van der Waals surface area contributed by atoms with Crippen molar-refractivity contribution >= 4 is 5.91 Å². The SMILES string of the molecule is C[C@@H](NCC(=O)NC1CC1)C1CCCC1. The van der Waals surface area contributed by atoms with Gasteiger partial charge in [0.2, 0.25) is 5.91 Å². The molecule has 2 N–H and O–H groups in total. The smallest absolute Gasteiger partial charge is 0.234 e. The minimum Gasteiger partial charge on any atom is -0.352 e. The van der Waals surface area contributed by atoms with Crippen LogP contribution in [0, 0.1) is 5.92 Å². The zero-order chi connectivity index (χ0) is 10.7. The summed E-state index contributed by atoms with van der Waals surface area (Å²) in [5, 5.41) is 6.34. The molecule has 2 fully saturated rings. The van der Waals surface area contributed by atoms with Crippen molar-refractivity contribution in [1.29, 1.82) is 0 Å². The van der Waals surface area contributed by atoms with Crippen LogP contribution in [0.3, 0.4) is 0 Å². The first-order valence-corrected chi connectivity index (χ1v) is 6.28. The van der Waals surface area contributed by atoms with Crippen LogP contribution in [0.15, 0.2) is 0 Å². The van der Waals surface area contributed by atoms with Gasteiger partial charge in [0.05, 0.1) is 6.54 Å². The van der Waals surface area contributed by atoms with Crippen LogP contribution in [0.4, 0.5) is 0 Å². The van der Waals surface area contributed by atoms with E-state index in [9.17, 15) is 4.79 Å². The van der Waals surface area contributed by atoms with Gasteiger partial charge in [-0.25, -0.2) is 0 Å². The molecule has 0 heterocycles. The average molecular weight is 210 g/mol. The standard InChI is InChI=1S/C12H22N2O/c1-9(10-4-2-3-5-10)13-8-12(15)14-11-6-7-11/h9-11,13H,2-8H2,1H3,(H,14,15)/t9-/m1/s1. The highest BCUT2D eigenvalue weighted by Crippen LogP contribution is 2.27. The molecule has 0 aromatic rings. The van der Waals surface area contributed by atoms with Gasteiger partial charge in [-0.05, 0) is 38.5 Å². The topological polar surface area (TPSA) is 41.1 Å². The second kappa shape index (κ2) is 4.97. The van der Waals surface area contributed by atoms with Gasteiger partial charge in [0.15, 0.2) is 0 Å². The highest BCUT2D eigenvalue weighted by Gasteiger charge is 2.24. The van der Waals surface area contributed by atoms with E-state index in [0.29, 0.717) is 18.6 Å². The maximum absolute atomic E-state index is 11.4. The molecular formula is C12H22N2O. The Morgan fingerprint density at radius 3 is 2.53 bits per heavy atom. The molecule has 1 atom stereocenters. The Morgan fingerprint density at radius 2 is 1.93 bits per heavy atom. The molecule has 0 aliphatic heterocycles. The third-order valence-electron chi connectivity index (χ3n) is 3.63. The second-order valence-corrected chi connectivity index (χ2v) is 5.06. The zero-order valence-electron chi connectivity index (χ0n) is 9.59. The van der Waals surface area contributed by atoms with E-state index >= 15 is 0 Å². The lowest BCUT2D eigenvalue weighted by Gasteiger charge is -2.20. The van der Waals surface area contributed by atoms with Crippen molar-refractivity contribution in [2.45, 2.75) is 57.5 Å². The monoisotopic (exact) mass is 210 g/mol. The number of hydrogen-bond acceptors (Lipinski definition) is 2. The summed E-state index contributed by atoms with van der Waals surface area (Å²) in [6.07, 6.45) is 7.74. The third-order valence-corrected chi connectivity index (χ3v) is 3.63. The molecule has 0 saturated heterocycles. The van der Waals surface area contributed by atoms with Crippen LogP contribution in [0.1, 0.15) is 45.4 Å². The third kappa shape index (κ3) is 3.49. The molecule has 0 bridgehead atoms. The first kappa shape index (κ1) is 10.9. The fourth-order valence-corrected chi connectivity index (χ4v) is 2.38. The van der Waals surface area contributed by atoms with Crippen LogP contribution in [0.25, 0.3) is 0 Å². The Hall–Kier alpha value is -0.570. The van der Waals surface area contributed by atoms with Crippen molar-refractivity contribution < 1.29 is 4.79 Å². The van der Waals surface area contributed by atoms with Crippen molar-refractivity contribution in [3.8, 4) is 0 Å². The van der Waals surface area contributed by atoms with E-state index in [-0.39, 0.29) is 5.91 Å². The maximum atomic E-state index is 11.4. The highest BCUT2D eigenvalue weighted by molar-refractivity contribution is 5.78. The first-order valence-electron chi connectivity index (χ1n) is 6.28. The molecule has 0 aromatic carbocycles. The Balaban J connectivity index is 1.60. The molecule has 1 amide bonds. The molecule has 86 valence electrons. The molecule has 2 saturated carbocycles. The maximum Gasteiger partial charge on any atom is 0.234 e. The van der Waals surface area contributed by atoms with E-state index in [1.54, 1.807) is 0 Å². The summed E-state index contributed by atoms with van der Waals surface area (Å²) in [5.74, 6) is 0.959. The number of amides is 1. The molecule has 0 radical (unpaired) electrons. The molecule has 0 spiro atoms. The van der Waals surface area contributed by atoms with Gasteiger partial charge in [-0.1, -0.05) is 12.8 Å². The molecule has 15 heavy (non-hydrogen) atoms. The van der Waals surface area contributed by atoms with Crippen molar-refractivity contribution in [2.24, 2.45) is 5.92 Å². The summed E-state index contributed by atoms with van der Waals surface area (Å²) < 4.78 is 0. The minimum absolute atomic E-state index is 0.169. The van der Waals surface area contributed by atoms with E-state index in [4.69, 9.17) is 0 Å². The average Bonchev–Trinajstić information content (AvgIpc) is 2.86. The summed E-state index contributed by atoms with van der Waals surface area (Å²) in [6.45, 7) is 2.70. The largest absolute Gasteiger partial charge is 0.352 e. The summed E-state index contributed by atoms with van der Waals surface area (Å²) in [5.41, 5.74) is 0. The van der Waals surface area contributed by atoms with Gasteiger partial charge in [-0.2, -0.15) is 0 Å². The van der Waals surface area contributed by atoms with E-state index in [1.807, 2.05) is 0 Å². The molecule has 2 aliphatic carbocycles. The number of rotatable bonds is 5. The van der Waals surface area contributed by atoms with Crippen LogP contribution in [-0.4, -0.2) is 24.5 Å². The zero-order valence-corrected chi connectivity index (χ0v) is 9.59. The van der Waals surface area contributed by atoms with Crippen LogP contribution in [0.2, 0.25) is 0 Å². The minimum atomic E-state index is 0.169. The van der Waals surface area contributed by atoms with Crippen molar-refractivity contribution in [1.82, 2.24) is 10.6 Å². The number of carbonyl (C=O) groups is 1. The fraction of sp³-hybridized carbons (Fsp3) is 0.917. The van der Waals surface area contributed by atoms with E-state index in [1.165, 1.54) is 38.5 Å². The van der Waals surface area contributed by atoms with Crippen LogP contribution < -0.4 is 10.6 Å². The lowest BCUT2D eigenvalue weighted by atomic mass is 10.00. The number of nitrogens with one attached hydrogen (secondary N) is 2. The van der Waals surface area contributed by atoms with Crippen LogP contribution in [0.5, 0.6) is 0 Å². The second-order valence-electron chi connectivity index (χ2n) is 5.06. The highest BCUT2D eigenvalue weighted by atomic mass is 16.2. The van der Waals surface area contributed by atoms with Crippen molar-refractivity contribution in [3.63, 3.8) is 0 Å². The molecule has 0 unspecified atom stereocenters. The summed E-state index contributed by atoms with van der Waals surface area (Å²) in [6, 6.07) is 0.985. The Bertz CT molecular complexity index is 220. The van der Waals surface area contributed by atoms with Gasteiger partial charge in [-0.15, -0.1) is 0 Å². The number of carbonyl (C=O) groups excluding carboxylic acids is 1. The first-order chi connectivity index (χ1) is 7.25. The predicted octanol–water partition coefficient (Wildman–Crippen LogP) is 1.43. The van der Waals surface area contributed by atoms with E-state index in [0.717, 1.165) is 5.92 Å². The van der Waals surface area contributed by atoms with Crippen molar-refractivity contribution in [3.05, 3.63) is 0 Å². The van der Waals surface area contributed by atoms with Gasteiger partial charge < -0.3 is 10.6 Å². The molecule has 0 aromatic heterocycles. The Kier molecular flexibility index (Phi) is 3.62. The quantitative estimate of drug-likeness (QED) is 0.721. The molecule has 3 heteroatoms. The van der Waals surface area contributed by atoms with E-state index < -0.39 is 0 Å². The molecule has 2 rings (SSSR count). The lowest BCUT2D eigenvalue weighted by molar-refractivity contribution is -0.120. The van der Waals surface area contributed by atoms with Gasteiger partial charge >= 0.3 is 0 Å². The molecule has 3 nitrogen and oxygen atoms in total. The number of hydrogen-bond donors (Lipinski definition) is 2. The van der Waals surface area contributed by atoms with E-state index in [2.05, 4.69) is 17.6 Å². The summed E-state index contributed by atoms with van der Waals surface area (Å²) in [4.78, 5) is 11.4. The van der Waals surface area contributed by atoms with Crippen molar-refractivity contribution in [2.75, 3.05) is 6.54 Å². The van der Waals surface area contributed by atoms with Crippen LogP contribution >= 0.6 is 0 Å². The lowest BCUT2D eigenvalue weighted by Crippen LogP contribution is -2.41. The van der Waals surface area contributed by atoms with Gasteiger partial charge in [-0.3, -0.25) is 4.79 Å². The Morgan fingerprint density at radius 1 is 1.27 bits per heavy atom. The van der Waals surface area contributed by atoms with Gasteiger partial charge in [0, 0.05) is 12.1 Å². The Labute approximate surface area is 92.0 Å². The normalized spacial score (nSPS) is 24.1. The van der Waals surface area contributed by atoms with Gasteiger partial charge in [0.1, 0.15) is 0 Å². The molecular weight excluding hydrogens is 188 g/mol. The van der Waals surface area contributed by atoms with Crippen LogP contribution in [-0.2, 0) is 4.79 Å². The molecule has 2 aliphatic rings. The fourth-order valence-electron chi connectivity index (χ4n) is 2.38. The van der Waals surface area contributed by atoms with Gasteiger partial charge in [0.25, 0.3) is 0 Å². The summed E-state index contributed by atoms with van der Waals surface area (Å²) in [7, 11) is 0. The predicted molar refractivity (Wildman–Crippen MR) is 60.6 cm³/mol.